The second-order valence-electron chi connectivity index (χ2n) is 4.34. The van der Waals surface area contributed by atoms with Gasteiger partial charge in [-0.05, 0) is 19.3 Å². The molecule has 14 heavy (non-hydrogen) atoms. The van der Waals surface area contributed by atoms with E-state index in [1.54, 1.807) is 0 Å². The predicted octanol–water partition coefficient (Wildman–Crippen LogP) is 3.47. The van der Waals surface area contributed by atoms with E-state index < -0.39 is 0 Å². The van der Waals surface area contributed by atoms with Gasteiger partial charge in [0.15, 0.2) is 0 Å². The van der Waals surface area contributed by atoms with Crippen molar-refractivity contribution in [3.8, 4) is 0 Å². The monoisotopic (exact) mass is 198 g/mol. The Morgan fingerprint density at radius 3 is 1.64 bits per heavy atom. The van der Waals surface area contributed by atoms with E-state index in [0.717, 1.165) is 0 Å². The van der Waals surface area contributed by atoms with Gasteiger partial charge in [0.05, 0.1) is 5.60 Å². The van der Waals surface area contributed by atoms with Crippen molar-refractivity contribution in [1.82, 2.24) is 0 Å². The molecule has 0 aromatic carbocycles. The Balaban J connectivity index is 4.11. The molecule has 0 N–H and O–H groups in total. The first-order chi connectivity index (χ1) is 6.74. The lowest BCUT2D eigenvalue weighted by molar-refractivity contribution is 0.0454. The summed E-state index contributed by atoms with van der Waals surface area (Å²) < 4.78 is 5.78. The van der Waals surface area contributed by atoms with Crippen LogP contribution in [0.5, 0.6) is 0 Å². The van der Waals surface area contributed by atoms with E-state index >= 15 is 0 Å². The molecule has 0 amide bonds. The highest BCUT2D eigenvalue weighted by Gasteiger charge is 2.26. The van der Waals surface area contributed by atoms with Gasteiger partial charge < -0.3 is 4.65 Å². The molecule has 0 fully saturated rings. The predicted molar refractivity (Wildman–Crippen MR) is 66.3 cm³/mol. The molecule has 0 aromatic rings. The summed E-state index contributed by atoms with van der Waals surface area (Å²) in [4.78, 5) is 0. The van der Waals surface area contributed by atoms with Crippen LogP contribution in [-0.4, -0.2) is 13.7 Å². The zero-order chi connectivity index (χ0) is 10.9. The van der Waals surface area contributed by atoms with Crippen molar-refractivity contribution in [3.63, 3.8) is 0 Å². The lowest BCUT2D eigenvalue weighted by atomic mass is 9.86. The molecule has 2 heteroatoms. The van der Waals surface area contributed by atoms with Crippen molar-refractivity contribution >= 4 is 8.05 Å². The average molecular weight is 198 g/mol. The van der Waals surface area contributed by atoms with E-state index in [9.17, 15) is 0 Å². The van der Waals surface area contributed by atoms with Crippen LogP contribution in [0.4, 0.5) is 0 Å². The first-order valence-electron chi connectivity index (χ1n) is 6.29. The fourth-order valence-electron chi connectivity index (χ4n) is 2.13. The molecule has 0 radical (unpaired) electrons. The van der Waals surface area contributed by atoms with Crippen molar-refractivity contribution in [3.05, 3.63) is 0 Å². The van der Waals surface area contributed by atoms with E-state index in [2.05, 4.69) is 20.8 Å². The Kier molecular flexibility index (Phi) is 8.36. The molecule has 1 nitrogen and oxygen atoms in total. The van der Waals surface area contributed by atoms with Crippen molar-refractivity contribution in [1.29, 1.82) is 0 Å². The topological polar surface area (TPSA) is 9.23 Å². The Morgan fingerprint density at radius 1 is 0.857 bits per heavy atom. The fourth-order valence-corrected chi connectivity index (χ4v) is 2.13. The molecule has 0 aliphatic heterocycles. The number of rotatable bonds is 9. The van der Waals surface area contributed by atoms with Crippen molar-refractivity contribution < 1.29 is 4.65 Å². The normalized spacial score (nSPS) is 11.9. The van der Waals surface area contributed by atoms with Gasteiger partial charge in [0.25, 0.3) is 8.05 Å². The molecular weight excluding hydrogens is 171 g/mol. The summed E-state index contributed by atoms with van der Waals surface area (Å²) in [5, 5.41) is 0. The largest absolute Gasteiger partial charge is 0.439 e. The van der Waals surface area contributed by atoms with E-state index in [0.29, 0.717) is 0 Å². The van der Waals surface area contributed by atoms with E-state index in [1.165, 1.54) is 51.4 Å². The Hall–Kier alpha value is 0.0249. The molecule has 0 atom stereocenters. The van der Waals surface area contributed by atoms with Crippen LogP contribution in [-0.2, 0) is 4.65 Å². The molecule has 0 aliphatic carbocycles. The lowest BCUT2D eigenvalue weighted by Gasteiger charge is -2.33. The summed E-state index contributed by atoms with van der Waals surface area (Å²) in [5.74, 6) is 0. The average Bonchev–Trinajstić information content (AvgIpc) is 2.22. The second-order valence-corrected chi connectivity index (χ2v) is 4.34. The zero-order valence-corrected chi connectivity index (χ0v) is 10.6. The summed E-state index contributed by atoms with van der Waals surface area (Å²) in [6, 6.07) is 0. The minimum absolute atomic E-state index is 0.195. The minimum Gasteiger partial charge on any atom is -0.439 e. The van der Waals surface area contributed by atoms with Crippen LogP contribution in [0.15, 0.2) is 0 Å². The minimum atomic E-state index is 0.195. The van der Waals surface area contributed by atoms with Gasteiger partial charge in [-0.3, -0.25) is 0 Å². The van der Waals surface area contributed by atoms with Gasteiger partial charge in [-0.1, -0.05) is 52.9 Å². The van der Waals surface area contributed by atoms with Crippen molar-refractivity contribution in [2.24, 2.45) is 0 Å². The maximum Gasteiger partial charge on any atom is 0.258 e. The Bertz CT molecular complexity index is 117. The van der Waals surface area contributed by atoms with Gasteiger partial charge in [-0.2, -0.15) is 0 Å². The maximum absolute atomic E-state index is 5.78. The Morgan fingerprint density at radius 2 is 1.36 bits per heavy atom. The van der Waals surface area contributed by atoms with Gasteiger partial charge >= 0.3 is 0 Å². The second kappa shape index (κ2) is 8.34. The highest BCUT2D eigenvalue weighted by atomic mass is 16.4. The van der Waals surface area contributed by atoms with Gasteiger partial charge in [-0.25, -0.2) is 0 Å². The standard InChI is InChI=1S/C12H27BO/c1-4-7-10-12(14-13,9-6-3)11-8-5-2/h4-11,13H2,1-3H3. The van der Waals surface area contributed by atoms with Crippen LogP contribution in [0.1, 0.15) is 72.1 Å². The lowest BCUT2D eigenvalue weighted by Crippen LogP contribution is -2.31. The van der Waals surface area contributed by atoms with E-state index in [4.69, 9.17) is 4.65 Å². The summed E-state index contributed by atoms with van der Waals surface area (Å²) in [6.07, 6.45) is 10.1. The van der Waals surface area contributed by atoms with Crippen LogP contribution < -0.4 is 0 Å². The third-order valence-corrected chi connectivity index (χ3v) is 3.11. The number of hydrogen-bond acceptors (Lipinski definition) is 1. The molecule has 0 aliphatic rings. The summed E-state index contributed by atoms with van der Waals surface area (Å²) in [6.45, 7) is 6.77. The van der Waals surface area contributed by atoms with Gasteiger partial charge in [0.2, 0.25) is 0 Å². The highest BCUT2D eigenvalue weighted by molar-refractivity contribution is 5.98. The SMILES string of the molecule is BOC(CCC)(CCCC)CCCC. The molecule has 0 saturated heterocycles. The smallest absolute Gasteiger partial charge is 0.258 e. The van der Waals surface area contributed by atoms with E-state index in [-0.39, 0.29) is 5.60 Å². The summed E-state index contributed by atoms with van der Waals surface area (Å²) in [5.41, 5.74) is 0.195. The van der Waals surface area contributed by atoms with Crippen LogP contribution in [0.2, 0.25) is 0 Å². The molecule has 0 heterocycles. The molecule has 0 bridgehead atoms. The summed E-state index contributed by atoms with van der Waals surface area (Å²) in [7, 11) is 1.89. The summed E-state index contributed by atoms with van der Waals surface area (Å²) >= 11 is 0. The van der Waals surface area contributed by atoms with Crippen LogP contribution in [0.3, 0.4) is 0 Å². The molecule has 0 unspecified atom stereocenters. The molecule has 0 spiro atoms. The highest BCUT2D eigenvalue weighted by Crippen LogP contribution is 2.29. The Labute approximate surface area is 91.1 Å². The molecular formula is C12H27BO. The van der Waals surface area contributed by atoms with E-state index in [1.807, 2.05) is 8.05 Å². The quantitative estimate of drug-likeness (QED) is 0.515. The number of unbranched alkanes of at least 4 members (excludes halogenated alkanes) is 2. The third-order valence-electron chi connectivity index (χ3n) is 3.11. The van der Waals surface area contributed by atoms with Crippen molar-refractivity contribution in [2.45, 2.75) is 77.7 Å². The maximum atomic E-state index is 5.78. The van der Waals surface area contributed by atoms with Crippen molar-refractivity contribution in [2.75, 3.05) is 0 Å². The molecule has 0 rings (SSSR count). The van der Waals surface area contributed by atoms with Gasteiger partial charge in [-0.15, -0.1) is 0 Å². The van der Waals surface area contributed by atoms with Gasteiger partial charge in [0.1, 0.15) is 0 Å². The van der Waals surface area contributed by atoms with Crippen LogP contribution in [0, 0.1) is 0 Å². The van der Waals surface area contributed by atoms with Crippen LogP contribution in [0.25, 0.3) is 0 Å². The molecule has 0 saturated carbocycles. The first-order valence-corrected chi connectivity index (χ1v) is 6.29. The number of hydrogen-bond donors (Lipinski definition) is 0. The molecule has 0 aromatic heterocycles. The fraction of sp³-hybridized carbons (Fsp3) is 1.00. The molecule has 84 valence electrons. The first kappa shape index (κ1) is 14.0. The zero-order valence-electron chi connectivity index (χ0n) is 10.6. The third kappa shape index (κ3) is 5.04. The van der Waals surface area contributed by atoms with Crippen LogP contribution >= 0.6 is 0 Å². The van der Waals surface area contributed by atoms with Gasteiger partial charge in [0, 0.05) is 0 Å².